The van der Waals surface area contributed by atoms with Crippen molar-refractivity contribution in [1.29, 1.82) is 0 Å². The number of anilines is 1. The fourth-order valence-corrected chi connectivity index (χ4v) is 1.89. The molecule has 2 rings (SSSR count). The summed E-state index contributed by atoms with van der Waals surface area (Å²) in [6.07, 6.45) is 4.46. The maximum atomic E-state index is 4.12. The van der Waals surface area contributed by atoms with Crippen molar-refractivity contribution in [3.63, 3.8) is 0 Å². The second-order valence-corrected chi connectivity index (χ2v) is 3.93. The second-order valence-electron chi connectivity index (χ2n) is 3.93. The monoisotopic (exact) mass is 194 g/mol. The molecule has 1 aromatic heterocycles. The Balaban J connectivity index is 1.79. The number of nitrogens with zero attached hydrogens (tertiary/aromatic N) is 2. The Morgan fingerprint density at radius 3 is 3.29 bits per heavy atom. The van der Waals surface area contributed by atoms with Crippen LogP contribution in [0.5, 0.6) is 0 Å². The highest BCUT2D eigenvalue weighted by Crippen LogP contribution is 2.11. The summed E-state index contributed by atoms with van der Waals surface area (Å²) in [5.74, 6) is 1.87. The van der Waals surface area contributed by atoms with Crippen LogP contribution in [0.3, 0.4) is 0 Å². The van der Waals surface area contributed by atoms with Crippen LogP contribution in [0.25, 0.3) is 0 Å². The van der Waals surface area contributed by atoms with E-state index in [-0.39, 0.29) is 0 Å². The molecule has 0 radical (unpaired) electrons. The average Bonchev–Trinajstić information content (AvgIpc) is 2.63. The predicted octanol–water partition coefficient (Wildman–Crippen LogP) is 0.832. The molecular weight excluding hydrogens is 176 g/mol. The number of rotatable bonds is 3. The number of hydrogen-bond acceptors (Lipinski definition) is 3. The van der Waals surface area contributed by atoms with Gasteiger partial charge in [0, 0.05) is 19.7 Å². The second kappa shape index (κ2) is 4.46. The van der Waals surface area contributed by atoms with Gasteiger partial charge in [-0.25, -0.2) is 0 Å². The van der Waals surface area contributed by atoms with Gasteiger partial charge in [0.1, 0.15) is 5.82 Å². The number of aryl methyl sites for hydroxylation is 1. The maximum absolute atomic E-state index is 4.12. The normalized spacial score (nSPS) is 22.2. The third-order valence-electron chi connectivity index (χ3n) is 2.79. The number of piperidine rings is 1. The molecule has 0 aromatic carbocycles. The van der Waals surface area contributed by atoms with E-state index < -0.39 is 0 Å². The van der Waals surface area contributed by atoms with Gasteiger partial charge >= 0.3 is 0 Å². The average molecular weight is 194 g/mol. The molecule has 14 heavy (non-hydrogen) atoms. The molecule has 0 amide bonds. The van der Waals surface area contributed by atoms with E-state index in [1.54, 1.807) is 0 Å². The van der Waals surface area contributed by atoms with Crippen LogP contribution in [0.1, 0.15) is 12.8 Å². The van der Waals surface area contributed by atoms with Crippen molar-refractivity contribution in [3.8, 4) is 0 Å². The van der Waals surface area contributed by atoms with E-state index in [4.69, 9.17) is 0 Å². The van der Waals surface area contributed by atoms with E-state index in [0.717, 1.165) is 24.8 Å². The smallest absolute Gasteiger partial charge is 0.123 e. The summed E-state index contributed by atoms with van der Waals surface area (Å²) in [6.45, 7) is 3.37. The number of nitrogens with one attached hydrogen (secondary N) is 2. The molecule has 2 N–H and O–H groups in total. The topological polar surface area (TPSA) is 41.9 Å². The number of aromatic nitrogens is 2. The van der Waals surface area contributed by atoms with Crippen LogP contribution in [0, 0.1) is 5.92 Å². The van der Waals surface area contributed by atoms with Crippen molar-refractivity contribution in [2.45, 2.75) is 12.8 Å². The molecule has 4 heteroatoms. The summed E-state index contributed by atoms with van der Waals surface area (Å²) >= 11 is 0. The highest BCUT2D eigenvalue weighted by molar-refractivity contribution is 5.33. The van der Waals surface area contributed by atoms with Gasteiger partial charge in [-0.05, 0) is 31.8 Å². The van der Waals surface area contributed by atoms with E-state index in [0.29, 0.717) is 0 Å². The van der Waals surface area contributed by atoms with E-state index in [9.17, 15) is 0 Å². The Morgan fingerprint density at radius 1 is 1.71 bits per heavy atom. The summed E-state index contributed by atoms with van der Waals surface area (Å²) < 4.78 is 1.87. The van der Waals surface area contributed by atoms with Crippen molar-refractivity contribution >= 4 is 5.82 Å². The van der Waals surface area contributed by atoms with Crippen LogP contribution in [0.4, 0.5) is 5.82 Å². The first-order valence-corrected chi connectivity index (χ1v) is 5.29. The highest BCUT2D eigenvalue weighted by Gasteiger charge is 2.12. The summed E-state index contributed by atoms with van der Waals surface area (Å²) in [5, 5.41) is 11.0. The summed E-state index contributed by atoms with van der Waals surface area (Å²) in [5.41, 5.74) is 0. The summed E-state index contributed by atoms with van der Waals surface area (Å²) in [6, 6.07) is 2.01. The zero-order chi connectivity index (χ0) is 9.80. The lowest BCUT2D eigenvalue weighted by Crippen LogP contribution is -2.33. The molecule has 1 aliphatic heterocycles. The van der Waals surface area contributed by atoms with Crippen molar-refractivity contribution in [2.24, 2.45) is 13.0 Å². The third-order valence-corrected chi connectivity index (χ3v) is 2.79. The lowest BCUT2D eigenvalue weighted by atomic mass is 10.00. The van der Waals surface area contributed by atoms with Crippen molar-refractivity contribution in [2.75, 3.05) is 25.0 Å². The van der Waals surface area contributed by atoms with Crippen LogP contribution in [0.15, 0.2) is 12.3 Å². The standard InChI is InChI=1S/C10H18N4/c1-14-10(4-6-13-14)12-8-9-3-2-5-11-7-9/h4,6,9,11-12H,2-3,5,7-8H2,1H3/t9-/m1/s1. The molecule has 1 fully saturated rings. The van der Waals surface area contributed by atoms with Crippen LogP contribution in [-0.2, 0) is 7.05 Å². The Kier molecular flexibility index (Phi) is 3.03. The molecule has 2 heterocycles. The van der Waals surface area contributed by atoms with E-state index in [1.807, 2.05) is 24.0 Å². The molecule has 1 saturated heterocycles. The molecule has 4 nitrogen and oxygen atoms in total. The zero-order valence-corrected chi connectivity index (χ0v) is 8.66. The number of hydrogen-bond donors (Lipinski definition) is 2. The molecule has 1 aromatic rings. The van der Waals surface area contributed by atoms with Gasteiger partial charge in [-0.3, -0.25) is 4.68 Å². The molecule has 78 valence electrons. The van der Waals surface area contributed by atoms with Crippen molar-refractivity contribution < 1.29 is 0 Å². The molecule has 0 spiro atoms. The van der Waals surface area contributed by atoms with Crippen LogP contribution in [-0.4, -0.2) is 29.4 Å². The van der Waals surface area contributed by atoms with Crippen LogP contribution >= 0.6 is 0 Å². The lowest BCUT2D eigenvalue weighted by Gasteiger charge is -2.23. The minimum atomic E-state index is 0.763. The van der Waals surface area contributed by atoms with Gasteiger partial charge in [-0.15, -0.1) is 0 Å². The Morgan fingerprint density at radius 2 is 2.64 bits per heavy atom. The SMILES string of the molecule is Cn1nccc1NC[C@@H]1CCCNC1. The Bertz CT molecular complexity index is 275. The van der Waals surface area contributed by atoms with Gasteiger partial charge in [0.25, 0.3) is 0 Å². The van der Waals surface area contributed by atoms with E-state index in [2.05, 4.69) is 15.7 Å². The minimum absolute atomic E-state index is 0.763. The first-order chi connectivity index (χ1) is 6.86. The van der Waals surface area contributed by atoms with E-state index in [1.165, 1.54) is 19.4 Å². The first-order valence-electron chi connectivity index (χ1n) is 5.29. The van der Waals surface area contributed by atoms with Gasteiger partial charge in [-0.2, -0.15) is 5.10 Å². The van der Waals surface area contributed by atoms with Gasteiger partial charge in [0.05, 0.1) is 6.20 Å². The first kappa shape index (κ1) is 9.52. The van der Waals surface area contributed by atoms with Gasteiger partial charge in [0.15, 0.2) is 0 Å². The molecule has 1 aliphatic rings. The quantitative estimate of drug-likeness (QED) is 0.749. The summed E-state index contributed by atoms with van der Waals surface area (Å²) in [4.78, 5) is 0. The lowest BCUT2D eigenvalue weighted by molar-refractivity contribution is 0.392. The van der Waals surface area contributed by atoms with Gasteiger partial charge < -0.3 is 10.6 Å². The third kappa shape index (κ3) is 2.26. The zero-order valence-electron chi connectivity index (χ0n) is 8.66. The fourth-order valence-electron chi connectivity index (χ4n) is 1.89. The summed E-state index contributed by atoms with van der Waals surface area (Å²) in [7, 11) is 1.96. The highest BCUT2D eigenvalue weighted by atomic mass is 15.3. The van der Waals surface area contributed by atoms with Gasteiger partial charge in [-0.1, -0.05) is 0 Å². The molecule has 0 aliphatic carbocycles. The van der Waals surface area contributed by atoms with E-state index >= 15 is 0 Å². The molecular formula is C10H18N4. The molecule has 1 atom stereocenters. The van der Waals surface area contributed by atoms with Crippen LogP contribution in [0.2, 0.25) is 0 Å². The molecule has 0 saturated carbocycles. The Labute approximate surface area is 84.7 Å². The van der Waals surface area contributed by atoms with Gasteiger partial charge in [0.2, 0.25) is 0 Å². The minimum Gasteiger partial charge on any atom is -0.370 e. The molecule has 0 unspecified atom stereocenters. The fraction of sp³-hybridized carbons (Fsp3) is 0.700. The Hall–Kier alpha value is -1.03. The van der Waals surface area contributed by atoms with Crippen molar-refractivity contribution in [3.05, 3.63) is 12.3 Å². The van der Waals surface area contributed by atoms with Crippen LogP contribution < -0.4 is 10.6 Å². The predicted molar refractivity (Wildman–Crippen MR) is 57.3 cm³/mol. The molecule has 0 bridgehead atoms. The largest absolute Gasteiger partial charge is 0.370 e. The van der Waals surface area contributed by atoms with Crippen molar-refractivity contribution in [1.82, 2.24) is 15.1 Å². The maximum Gasteiger partial charge on any atom is 0.123 e.